The summed E-state index contributed by atoms with van der Waals surface area (Å²) in [6, 6.07) is 8.88. The Hall–Kier alpha value is -1.06. The molecule has 0 saturated heterocycles. The van der Waals surface area contributed by atoms with Crippen molar-refractivity contribution in [3.05, 3.63) is 29.8 Å². The monoisotopic (exact) mass is 290 g/mol. The molecule has 1 fully saturated rings. The molecule has 1 aliphatic rings. The van der Waals surface area contributed by atoms with Gasteiger partial charge in [-0.25, -0.2) is 0 Å². The zero-order valence-corrected chi connectivity index (χ0v) is 13.7. The summed E-state index contributed by atoms with van der Waals surface area (Å²) in [5.74, 6) is 1.80. The van der Waals surface area contributed by atoms with Crippen molar-refractivity contribution in [2.75, 3.05) is 20.2 Å². The van der Waals surface area contributed by atoms with Crippen LogP contribution in [0, 0.1) is 5.92 Å². The lowest BCUT2D eigenvalue weighted by molar-refractivity contribution is 0.161. The van der Waals surface area contributed by atoms with Crippen molar-refractivity contribution in [2.24, 2.45) is 11.7 Å². The number of nitrogens with zero attached hydrogens (tertiary/aromatic N) is 1. The quantitative estimate of drug-likeness (QED) is 0.755. The molecule has 2 N–H and O–H groups in total. The highest BCUT2D eigenvalue weighted by Crippen LogP contribution is 2.35. The molecule has 1 saturated carbocycles. The molecule has 2 atom stereocenters. The number of nitrogens with two attached hydrogens (primary N) is 1. The van der Waals surface area contributed by atoms with E-state index < -0.39 is 0 Å². The van der Waals surface area contributed by atoms with Gasteiger partial charge in [0.05, 0.1) is 13.2 Å². The smallest absolute Gasteiger partial charge is 0.119 e. The number of benzene rings is 1. The lowest BCUT2D eigenvalue weighted by atomic mass is 9.95. The maximum atomic E-state index is 6.49. The Balaban J connectivity index is 2.25. The maximum absolute atomic E-state index is 6.49. The average molecular weight is 290 g/mol. The molecule has 2 rings (SSSR count). The lowest BCUT2D eigenvalue weighted by Gasteiger charge is -2.36. The minimum Gasteiger partial charge on any atom is -0.497 e. The zero-order chi connectivity index (χ0) is 15.2. The first kappa shape index (κ1) is 16.3. The predicted molar refractivity (Wildman–Crippen MR) is 88.6 cm³/mol. The van der Waals surface area contributed by atoms with E-state index in [1.54, 1.807) is 7.11 Å². The molecule has 0 heterocycles. The molecular weight excluding hydrogens is 260 g/mol. The third-order valence-electron chi connectivity index (χ3n) is 4.41. The fraction of sp³-hybridized carbons (Fsp3) is 0.667. The third-order valence-corrected chi connectivity index (χ3v) is 4.41. The molecule has 0 spiro atoms. The molecule has 118 valence electrons. The first-order valence-corrected chi connectivity index (χ1v) is 8.33. The Kier molecular flexibility index (Phi) is 6.07. The van der Waals surface area contributed by atoms with Crippen LogP contribution >= 0.6 is 0 Å². The van der Waals surface area contributed by atoms with Crippen molar-refractivity contribution < 1.29 is 4.74 Å². The number of ether oxygens (including phenoxy) is 1. The Morgan fingerprint density at radius 3 is 2.67 bits per heavy atom. The summed E-state index contributed by atoms with van der Waals surface area (Å²) in [7, 11) is 1.72. The van der Waals surface area contributed by atoms with E-state index >= 15 is 0 Å². The molecule has 0 aromatic heterocycles. The second-order valence-electron chi connectivity index (χ2n) is 6.23. The average Bonchev–Trinajstić information content (AvgIpc) is 3.31. The second-order valence-corrected chi connectivity index (χ2v) is 6.23. The van der Waals surface area contributed by atoms with Crippen LogP contribution in [0.5, 0.6) is 5.75 Å². The Bertz CT molecular complexity index is 431. The van der Waals surface area contributed by atoms with Gasteiger partial charge in [-0.2, -0.15) is 0 Å². The lowest BCUT2D eigenvalue weighted by Crippen LogP contribution is -2.42. The van der Waals surface area contributed by atoms with Crippen molar-refractivity contribution in [3.63, 3.8) is 0 Å². The number of hydrogen-bond acceptors (Lipinski definition) is 3. The normalized spacial score (nSPS) is 17.8. The topological polar surface area (TPSA) is 38.5 Å². The van der Waals surface area contributed by atoms with Crippen LogP contribution in [-0.2, 0) is 0 Å². The molecule has 0 aliphatic heterocycles. The van der Waals surface area contributed by atoms with Crippen LogP contribution in [0.2, 0.25) is 0 Å². The fourth-order valence-electron chi connectivity index (χ4n) is 3.04. The van der Waals surface area contributed by atoms with Gasteiger partial charge < -0.3 is 10.5 Å². The molecule has 0 radical (unpaired) electrons. The summed E-state index contributed by atoms with van der Waals surface area (Å²) in [4.78, 5) is 2.60. The van der Waals surface area contributed by atoms with E-state index in [2.05, 4.69) is 36.9 Å². The molecule has 1 aromatic carbocycles. The Labute approximate surface area is 129 Å². The van der Waals surface area contributed by atoms with Crippen LogP contribution in [0.15, 0.2) is 24.3 Å². The van der Waals surface area contributed by atoms with Crippen molar-refractivity contribution >= 4 is 0 Å². The maximum Gasteiger partial charge on any atom is 0.119 e. The highest BCUT2D eigenvalue weighted by atomic mass is 16.5. The van der Waals surface area contributed by atoms with Crippen LogP contribution < -0.4 is 10.5 Å². The number of hydrogen-bond donors (Lipinski definition) is 1. The molecule has 21 heavy (non-hydrogen) atoms. The molecule has 1 aliphatic carbocycles. The van der Waals surface area contributed by atoms with Gasteiger partial charge in [-0.1, -0.05) is 26.0 Å². The van der Waals surface area contributed by atoms with E-state index in [-0.39, 0.29) is 6.04 Å². The van der Waals surface area contributed by atoms with Crippen LogP contribution in [-0.4, -0.2) is 31.1 Å². The van der Waals surface area contributed by atoms with E-state index in [0.717, 1.165) is 24.6 Å². The first-order chi connectivity index (χ1) is 10.2. The predicted octanol–water partition coefficient (Wildman–Crippen LogP) is 3.60. The van der Waals surface area contributed by atoms with Crippen LogP contribution in [0.3, 0.4) is 0 Å². The van der Waals surface area contributed by atoms with Gasteiger partial charge in [-0.3, -0.25) is 4.90 Å². The minimum atomic E-state index is 0.169. The SMILES string of the molecule is CCCN(CC1CC1)C(c1cccc(OC)c1)C(N)CC. The third kappa shape index (κ3) is 4.45. The Morgan fingerprint density at radius 1 is 1.33 bits per heavy atom. The summed E-state index contributed by atoms with van der Waals surface area (Å²) in [5.41, 5.74) is 7.78. The van der Waals surface area contributed by atoms with E-state index in [1.165, 1.54) is 31.4 Å². The molecular formula is C18H30N2O. The van der Waals surface area contributed by atoms with Gasteiger partial charge in [0.15, 0.2) is 0 Å². The van der Waals surface area contributed by atoms with Gasteiger partial charge in [0.2, 0.25) is 0 Å². The summed E-state index contributed by atoms with van der Waals surface area (Å²) >= 11 is 0. The summed E-state index contributed by atoms with van der Waals surface area (Å²) in [6.45, 7) is 6.73. The van der Waals surface area contributed by atoms with Crippen LogP contribution in [0.4, 0.5) is 0 Å². The highest BCUT2D eigenvalue weighted by molar-refractivity contribution is 5.31. The van der Waals surface area contributed by atoms with Gasteiger partial charge in [0, 0.05) is 12.6 Å². The van der Waals surface area contributed by atoms with Crippen molar-refractivity contribution in [3.8, 4) is 5.75 Å². The van der Waals surface area contributed by atoms with E-state index in [9.17, 15) is 0 Å². The van der Waals surface area contributed by atoms with Gasteiger partial charge in [-0.15, -0.1) is 0 Å². The zero-order valence-electron chi connectivity index (χ0n) is 13.7. The summed E-state index contributed by atoms with van der Waals surface area (Å²) in [6.07, 6.45) is 4.93. The molecule has 0 bridgehead atoms. The van der Waals surface area contributed by atoms with E-state index in [0.29, 0.717) is 6.04 Å². The molecule has 3 nitrogen and oxygen atoms in total. The Morgan fingerprint density at radius 2 is 2.10 bits per heavy atom. The first-order valence-electron chi connectivity index (χ1n) is 8.33. The molecule has 3 heteroatoms. The standard InChI is InChI=1S/C18H30N2O/c1-4-11-20(13-14-9-10-14)18(17(19)5-2)15-7-6-8-16(12-15)21-3/h6-8,12,14,17-18H,4-5,9-11,13,19H2,1-3H3. The van der Waals surface area contributed by atoms with E-state index in [4.69, 9.17) is 10.5 Å². The van der Waals surface area contributed by atoms with Crippen molar-refractivity contribution in [2.45, 2.75) is 51.6 Å². The minimum absolute atomic E-state index is 0.169. The van der Waals surface area contributed by atoms with Gasteiger partial charge >= 0.3 is 0 Å². The second kappa shape index (κ2) is 7.81. The van der Waals surface area contributed by atoms with Crippen molar-refractivity contribution in [1.29, 1.82) is 0 Å². The molecule has 1 aromatic rings. The summed E-state index contributed by atoms with van der Waals surface area (Å²) < 4.78 is 5.39. The highest BCUT2D eigenvalue weighted by Gasteiger charge is 2.31. The fourth-order valence-corrected chi connectivity index (χ4v) is 3.04. The summed E-state index contributed by atoms with van der Waals surface area (Å²) in [5, 5.41) is 0. The van der Waals surface area contributed by atoms with E-state index in [1.807, 2.05) is 6.07 Å². The van der Waals surface area contributed by atoms with Crippen molar-refractivity contribution in [1.82, 2.24) is 4.90 Å². The number of rotatable bonds is 9. The van der Waals surface area contributed by atoms with Crippen LogP contribution in [0.25, 0.3) is 0 Å². The van der Waals surface area contributed by atoms with Crippen LogP contribution in [0.1, 0.15) is 51.1 Å². The largest absolute Gasteiger partial charge is 0.497 e. The number of methoxy groups -OCH3 is 1. The molecule has 2 unspecified atom stereocenters. The molecule has 0 amide bonds. The van der Waals surface area contributed by atoms with Gasteiger partial charge in [0.1, 0.15) is 5.75 Å². The van der Waals surface area contributed by atoms with Gasteiger partial charge in [-0.05, 0) is 55.8 Å². The van der Waals surface area contributed by atoms with Gasteiger partial charge in [0.25, 0.3) is 0 Å².